The van der Waals surface area contributed by atoms with Gasteiger partial charge in [-0.15, -0.1) is 11.8 Å². The number of aryl methyl sites for hydroxylation is 1. The van der Waals surface area contributed by atoms with Crippen LogP contribution in [0.25, 0.3) is 11.1 Å². The van der Waals surface area contributed by atoms with E-state index in [1.807, 2.05) is 31.2 Å². The first-order valence-corrected chi connectivity index (χ1v) is 8.43. The first-order valence-electron chi connectivity index (χ1n) is 6.69. The predicted octanol–water partition coefficient (Wildman–Crippen LogP) is 5.79. The third-order valence-electron chi connectivity index (χ3n) is 2.84. The predicted molar refractivity (Wildman–Crippen MR) is 93.3 cm³/mol. The van der Waals surface area contributed by atoms with Gasteiger partial charge in [0.25, 0.3) is 0 Å². The molecule has 1 heterocycles. The average molecular weight is 341 g/mol. The molecule has 0 atom stereocenters. The number of benzene rings is 1. The van der Waals surface area contributed by atoms with Crippen molar-refractivity contribution in [2.45, 2.75) is 38.2 Å². The molecular weight excluding hydrogens is 323 g/mol. The number of hydrogen-bond donors (Lipinski definition) is 0. The van der Waals surface area contributed by atoms with Crippen molar-refractivity contribution in [2.24, 2.45) is 0 Å². The summed E-state index contributed by atoms with van der Waals surface area (Å²) in [5.41, 5.74) is 2.82. The van der Waals surface area contributed by atoms with E-state index in [1.165, 1.54) is 5.56 Å². The number of hydrogen-bond acceptors (Lipinski definition) is 3. The van der Waals surface area contributed by atoms with Gasteiger partial charge in [0.2, 0.25) is 0 Å². The van der Waals surface area contributed by atoms with Crippen LogP contribution in [0, 0.1) is 6.92 Å². The van der Waals surface area contributed by atoms with Crippen LogP contribution in [0.5, 0.6) is 0 Å². The molecule has 0 aliphatic heterocycles. The second-order valence-corrected chi connectivity index (χ2v) is 8.38. The van der Waals surface area contributed by atoms with E-state index in [0.29, 0.717) is 27.4 Å². The van der Waals surface area contributed by atoms with Crippen molar-refractivity contribution in [3.63, 3.8) is 0 Å². The molecule has 0 fully saturated rings. The van der Waals surface area contributed by atoms with Crippen LogP contribution in [0.15, 0.2) is 24.3 Å². The molecule has 0 bridgehead atoms. The van der Waals surface area contributed by atoms with Gasteiger partial charge >= 0.3 is 0 Å². The highest BCUT2D eigenvalue weighted by Crippen LogP contribution is 2.34. The summed E-state index contributed by atoms with van der Waals surface area (Å²) in [5.74, 6) is 1.36. The summed E-state index contributed by atoms with van der Waals surface area (Å²) < 4.78 is 0.151. The van der Waals surface area contributed by atoms with Gasteiger partial charge in [-0.1, -0.05) is 73.8 Å². The van der Waals surface area contributed by atoms with Crippen molar-refractivity contribution in [2.75, 3.05) is 0 Å². The van der Waals surface area contributed by atoms with Gasteiger partial charge in [0.05, 0.1) is 11.3 Å². The first kappa shape index (κ1) is 16.6. The molecule has 2 aromatic rings. The highest BCUT2D eigenvalue weighted by atomic mass is 35.5. The van der Waals surface area contributed by atoms with Gasteiger partial charge in [-0.3, -0.25) is 0 Å². The molecule has 0 aliphatic carbocycles. The molecule has 112 valence electrons. The zero-order chi connectivity index (χ0) is 15.6. The smallest absolute Gasteiger partial charge is 0.142 e. The molecule has 1 aromatic carbocycles. The lowest BCUT2D eigenvalue weighted by Gasteiger charge is -2.17. The van der Waals surface area contributed by atoms with Gasteiger partial charge in [0.15, 0.2) is 0 Å². The monoisotopic (exact) mass is 340 g/mol. The van der Waals surface area contributed by atoms with E-state index >= 15 is 0 Å². The fraction of sp³-hybridized carbons (Fsp3) is 0.375. The lowest BCUT2D eigenvalue weighted by atomic mass is 10.1. The maximum Gasteiger partial charge on any atom is 0.142 e. The molecule has 0 unspecified atom stereocenters. The van der Waals surface area contributed by atoms with Crippen LogP contribution < -0.4 is 0 Å². The number of aromatic nitrogens is 2. The summed E-state index contributed by atoms with van der Waals surface area (Å²) in [6.45, 7) is 8.50. The second-order valence-electron chi connectivity index (χ2n) is 5.86. The Hall–Kier alpha value is -0.770. The van der Waals surface area contributed by atoms with Crippen molar-refractivity contribution in [1.29, 1.82) is 0 Å². The molecule has 0 radical (unpaired) electrons. The number of rotatable bonds is 3. The quantitative estimate of drug-likeness (QED) is 0.661. The van der Waals surface area contributed by atoms with Crippen molar-refractivity contribution >= 4 is 35.0 Å². The normalized spacial score (nSPS) is 11.7. The Balaban J connectivity index is 2.31. The topological polar surface area (TPSA) is 25.8 Å². The van der Waals surface area contributed by atoms with Crippen LogP contribution in [0.1, 0.15) is 32.2 Å². The summed E-state index contributed by atoms with van der Waals surface area (Å²) in [6, 6.07) is 8.00. The van der Waals surface area contributed by atoms with Crippen LogP contribution in [0.3, 0.4) is 0 Å². The molecule has 0 amide bonds. The van der Waals surface area contributed by atoms with Crippen LogP contribution >= 0.6 is 35.0 Å². The summed E-state index contributed by atoms with van der Waals surface area (Å²) >= 11 is 14.4. The minimum absolute atomic E-state index is 0.151. The summed E-state index contributed by atoms with van der Waals surface area (Å²) in [5, 5.41) is 0.812. The van der Waals surface area contributed by atoms with Crippen molar-refractivity contribution < 1.29 is 0 Å². The zero-order valence-electron chi connectivity index (χ0n) is 12.6. The molecular formula is C16H18Cl2N2S. The van der Waals surface area contributed by atoms with E-state index in [9.17, 15) is 0 Å². The van der Waals surface area contributed by atoms with Crippen LogP contribution in [0.2, 0.25) is 10.3 Å². The van der Waals surface area contributed by atoms with Gasteiger partial charge in [0.1, 0.15) is 16.1 Å². The van der Waals surface area contributed by atoms with Gasteiger partial charge in [0, 0.05) is 4.75 Å². The Kier molecular flexibility index (Phi) is 5.18. The highest BCUT2D eigenvalue weighted by molar-refractivity contribution is 7.99. The highest BCUT2D eigenvalue weighted by Gasteiger charge is 2.16. The number of nitrogens with zero attached hydrogens (tertiary/aromatic N) is 2. The fourth-order valence-electron chi connectivity index (χ4n) is 1.75. The van der Waals surface area contributed by atoms with Crippen molar-refractivity contribution in [3.8, 4) is 11.1 Å². The molecule has 0 N–H and O–H groups in total. The maximum absolute atomic E-state index is 6.31. The van der Waals surface area contributed by atoms with Crippen LogP contribution in [0.4, 0.5) is 0 Å². The molecule has 1 aromatic heterocycles. The fourth-order valence-corrected chi connectivity index (χ4v) is 3.08. The minimum atomic E-state index is 0.151. The molecule has 0 aliphatic rings. The first-order chi connectivity index (χ1) is 9.76. The third-order valence-corrected chi connectivity index (χ3v) is 4.66. The zero-order valence-corrected chi connectivity index (χ0v) is 14.9. The summed E-state index contributed by atoms with van der Waals surface area (Å²) in [7, 11) is 0. The van der Waals surface area contributed by atoms with E-state index in [4.69, 9.17) is 23.2 Å². The Labute approximate surface area is 140 Å². The molecule has 2 nitrogen and oxygen atoms in total. The molecule has 5 heteroatoms. The number of halogens is 2. The molecule has 2 rings (SSSR count). The molecule has 0 saturated carbocycles. The summed E-state index contributed by atoms with van der Waals surface area (Å²) in [4.78, 5) is 8.77. The van der Waals surface area contributed by atoms with Gasteiger partial charge in [-0.05, 0) is 12.5 Å². The van der Waals surface area contributed by atoms with E-state index in [2.05, 4.69) is 30.7 Å². The Morgan fingerprint density at radius 2 is 1.52 bits per heavy atom. The van der Waals surface area contributed by atoms with E-state index < -0.39 is 0 Å². The van der Waals surface area contributed by atoms with Gasteiger partial charge in [-0.25, -0.2) is 9.97 Å². The molecule has 0 spiro atoms. The van der Waals surface area contributed by atoms with Crippen molar-refractivity contribution in [1.82, 2.24) is 9.97 Å². The lowest BCUT2D eigenvalue weighted by molar-refractivity contribution is 0.800. The summed E-state index contributed by atoms with van der Waals surface area (Å²) in [6.07, 6.45) is 0. The standard InChI is InChI=1S/C16H18Cl2N2S/c1-10-5-7-11(8-6-10)13-14(17)19-12(20-15(13)18)9-21-16(2,3)4/h5-8H,9H2,1-4H3. The van der Waals surface area contributed by atoms with Crippen molar-refractivity contribution in [3.05, 3.63) is 46.0 Å². The SMILES string of the molecule is Cc1ccc(-c2c(Cl)nc(CSC(C)(C)C)nc2Cl)cc1. The lowest BCUT2D eigenvalue weighted by Crippen LogP contribution is -2.09. The second kappa shape index (κ2) is 6.55. The Morgan fingerprint density at radius 1 is 1.00 bits per heavy atom. The third kappa shape index (κ3) is 4.60. The van der Waals surface area contributed by atoms with Crippen LogP contribution in [-0.2, 0) is 5.75 Å². The largest absolute Gasteiger partial charge is 0.220 e. The van der Waals surface area contributed by atoms with E-state index in [0.717, 1.165) is 5.56 Å². The van der Waals surface area contributed by atoms with Gasteiger partial charge in [-0.2, -0.15) is 0 Å². The molecule has 0 saturated heterocycles. The van der Waals surface area contributed by atoms with E-state index in [-0.39, 0.29) is 4.75 Å². The Bertz CT molecular complexity index is 611. The number of thioether (sulfide) groups is 1. The molecule has 21 heavy (non-hydrogen) atoms. The minimum Gasteiger partial charge on any atom is -0.220 e. The average Bonchev–Trinajstić information content (AvgIpc) is 2.37. The van der Waals surface area contributed by atoms with E-state index in [1.54, 1.807) is 11.8 Å². The van der Waals surface area contributed by atoms with Gasteiger partial charge < -0.3 is 0 Å². The Morgan fingerprint density at radius 3 is 2.00 bits per heavy atom. The maximum atomic E-state index is 6.31. The van der Waals surface area contributed by atoms with Crippen LogP contribution in [-0.4, -0.2) is 14.7 Å².